The standard InChI is InChI=1S/C8H10FN3O2S2/c1-11-16(13,14)12-5-2-3-7(9)6(4-5)8(10)15/h2-4,11-12H,1H3,(H2,10,15). The lowest BCUT2D eigenvalue weighted by molar-refractivity contribution is 0.593. The van der Waals surface area contributed by atoms with Gasteiger partial charge in [-0.1, -0.05) is 12.2 Å². The maximum absolute atomic E-state index is 13.2. The second kappa shape index (κ2) is 4.73. The molecule has 1 rings (SSSR count). The quantitative estimate of drug-likeness (QED) is 0.684. The summed E-state index contributed by atoms with van der Waals surface area (Å²) >= 11 is 4.62. The summed E-state index contributed by atoms with van der Waals surface area (Å²) in [5.74, 6) is -0.597. The second-order valence-corrected chi connectivity index (χ2v) is 4.93. The molecule has 0 bridgehead atoms. The van der Waals surface area contributed by atoms with Gasteiger partial charge in [0.2, 0.25) is 0 Å². The molecule has 0 aromatic heterocycles. The van der Waals surface area contributed by atoms with Crippen LogP contribution in [0, 0.1) is 5.82 Å². The van der Waals surface area contributed by atoms with Crippen LogP contribution in [0.15, 0.2) is 18.2 Å². The molecule has 0 aliphatic carbocycles. The van der Waals surface area contributed by atoms with E-state index in [2.05, 4.69) is 21.7 Å². The van der Waals surface area contributed by atoms with Gasteiger partial charge in [0, 0.05) is 12.6 Å². The number of nitrogens with two attached hydrogens (primary N) is 1. The van der Waals surface area contributed by atoms with Crippen LogP contribution in [0.2, 0.25) is 0 Å². The topological polar surface area (TPSA) is 84.2 Å². The molecular formula is C8H10FN3O2S2. The summed E-state index contributed by atoms with van der Waals surface area (Å²) in [7, 11) is -2.38. The third-order valence-electron chi connectivity index (χ3n) is 1.75. The molecule has 0 aliphatic heterocycles. The molecule has 0 aliphatic rings. The van der Waals surface area contributed by atoms with Crippen LogP contribution >= 0.6 is 12.2 Å². The van der Waals surface area contributed by atoms with Crippen LogP contribution < -0.4 is 15.2 Å². The van der Waals surface area contributed by atoms with Crippen molar-refractivity contribution in [1.29, 1.82) is 0 Å². The summed E-state index contributed by atoms with van der Waals surface area (Å²) in [6, 6.07) is 3.58. The normalized spacial score (nSPS) is 11.1. The average Bonchev–Trinajstić information content (AvgIpc) is 2.20. The van der Waals surface area contributed by atoms with Crippen LogP contribution in [-0.4, -0.2) is 20.5 Å². The minimum Gasteiger partial charge on any atom is -0.389 e. The van der Waals surface area contributed by atoms with Crippen LogP contribution in [0.4, 0.5) is 10.1 Å². The first-order chi connectivity index (χ1) is 7.35. The van der Waals surface area contributed by atoms with Gasteiger partial charge in [0.15, 0.2) is 0 Å². The van der Waals surface area contributed by atoms with E-state index >= 15 is 0 Å². The Morgan fingerprint density at radius 3 is 2.62 bits per heavy atom. The Kier molecular flexibility index (Phi) is 3.79. The SMILES string of the molecule is CNS(=O)(=O)Nc1ccc(F)c(C(N)=S)c1. The van der Waals surface area contributed by atoms with Gasteiger partial charge in [-0.25, -0.2) is 9.11 Å². The third-order valence-corrected chi connectivity index (χ3v) is 3.01. The fourth-order valence-corrected chi connectivity index (χ4v) is 1.68. The summed E-state index contributed by atoms with van der Waals surface area (Å²) in [5.41, 5.74) is 5.45. The predicted molar refractivity (Wildman–Crippen MR) is 63.9 cm³/mol. The van der Waals surface area contributed by atoms with Crippen molar-refractivity contribution in [1.82, 2.24) is 4.72 Å². The van der Waals surface area contributed by atoms with Gasteiger partial charge in [0.1, 0.15) is 10.8 Å². The molecule has 4 N–H and O–H groups in total. The van der Waals surface area contributed by atoms with E-state index in [9.17, 15) is 12.8 Å². The molecule has 88 valence electrons. The van der Waals surface area contributed by atoms with E-state index in [1.807, 2.05) is 0 Å². The van der Waals surface area contributed by atoms with Gasteiger partial charge in [-0.2, -0.15) is 8.42 Å². The lowest BCUT2D eigenvalue weighted by Gasteiger charge is -2.08. The molecule has 0 amide bonds. The second-order valence-electron chi connectivity index (χ2n) is 2.87. The van der Waals surface area contributed by atoms with E-state index in [0.717, 1.165) is 6.07 Å². The zero-order chi connectivity index (χ0) is 12.3. The van der Waals surface area contributed by atoms with Gasteiger partial charge in [-0.05, 0) is 18.2 Å². The summed E-state index contributed by atoms with van der Waals surface area (Å²) in [6.07, 6.45) is 0. The van der Waals surface area contributed by atoms with Crippen molar-refractivity contribution in [2.45, 2.75) is 0 Å². The number of thiocarbonyl (C=S) groups is 1. The van der Waals surface area contributed by atoms with Crippen molar-refractivity contribution in [3.05, 3.63) is 29.6 Å². The first kappa shape index (κ1) is 12.8. The highest BCUT2D eigenvalue weighted by Gasteiger charge is 2.10. The lowest BCUT2D eigenvalue weighted by Crippen LogP contribution is -2.26. The Hall–Kier alpha value is -1.25. The maximum Gasteiger partial charge on any atom is 0.298 e. The van der Waals surface area contributed by atoms with E-state index in [0.29, 0.717) is 0 Å². The van der Waals surface area contributed by atoms with Gasteiger partial charge in [0.25, 0.3) is 10.2 Å². The Bertz CT molecular complexity index is 516. The molecule has 1 aromatic rings. The molecule has 0 saturated heterocycles. The van der Waals surface area contributed by atoms with Crippen molar-refractivity contribution >= 4 is 33.1 Å². The Morgan fingerprint density at radius 1 is 1.50 bits per heavy atom. The number of halogens is 1. The molecule has 16 heavy (non-hydrogen) atoms. The van der Waals surface area contributed by atoms with E-state index < -0.39 is 16.0 Å². The molecule has 5 nitrogen and oxygen atoms in total. The van der Waals surface area contributed by atoms with Gasteiger partial charge in [0.05, 0.1) is 5.69 Å². The van der Waals surface area contributed by atoms with Gasteiger partial charge < -0.3 is 5.73 Å². The summed E-state index contributed by atoms with van der Waals surface area (Å²) in [6.45, 7) is 0. The number of benzene rings is 1. The zero-order valence-corrected chi connectivity index (χ0v) is 9.95. The van der Waals surface area contributed by atoms with E-state index in [-0.39, 0.29) is 16.2 Å². The Labute approximate surface area is 98.0 Å². The van der Waals surface area contributed by atoms with Crippen molar-refractivity contribution in [2.24, 2.45) is 5.73 Å². The fraction of sp³-hybridized carbons (Fsp3) is 0.125. The highest BCUT2D eigenvalue weighted by Crippen LogP contribution is 2.15. The van der Waals surface area contributed by atoms with Gasteiger partial charge in [-0.3, -0.25) is 4.72 Å². The highest BCUT2D eigenvalue weighted by molar-refractivity contribution is 7.90. The zero-order valence-electron chi connectivity index (χ0n) is 8.32. The minimum absolute atomic E-state index is 0.00805. The molecule has 0 radical (unpaired) electrons. The van der Waals surface area contributed by atoms with Gasteiger partial charge >= 0.3 is 0 Å². The maximum atomic E-state index is 13.2. The highest BCUT2D eigenvalue weighted by atomic mass is 32.2. The molecule has 1 aromatic carbocycles. The molecule has 8 heteroatoms. The van der Waals surface area contributed by atoms with E-state index in [1.54, 1.807) is 0 Å². The minimum atomic E-state index is -3.63. The molecule has 0 unspecified atom stereocenters. The summed E-state index contributed by atoms with van der Waals surface area (Å²) in [5, 5.41) is 0. The van der Waals surface area contributed by atoms with E-state index in [4.69, 9.17) is 5.73 Å². The number of anilines is 1. The number of hydrogen-bond donors (Lipinski definition) is 3. The van der Waals surface area contributed by atoms with Gasteiger partial charge in [-0.15, -0.1) is 0 Å². The number of hydrogen-bond acceptors (Lipinski definition) is 3. The first-order valence-corrected chi connectivity index (χ1v) is 6.05. The molecule has 0 saturated carbocycles. The van der Waals surface area contributed by atoms with Crippen molar-refractivity contribution < 1.29 is 12.8 Å². The molecule has 0 atom stereocenters. The van der Waals surface area contributed by atoms with Crippen LogP contribution in [0.1, 0.15) is 5.56 Å². The van der Waals surface area contributed by atoms with Crippen LogP contribution in [0.5, 0.6) is 0 Å². The van der Waals surface area contributed by atoms with Crippen LogP contribution in [0.3, 0.4) is 0 Å². The summed E-state index contributed by atoms with van der Waals surface area (Å²) < 4.78 is 39.7. The average molecular weight is 263 g/mol. The third kappa shape index (κ3) is 3.12. The number of rotatable bonds is 4. The van der Waals surface area contributed by atoms with Crippen molar-refractivity contribution in [3.63, 3.8) is 0 Å². The molecule has 0 fully saturated rings. The predicted octanol–water partition coefficient (Wildman–Crippen LogP) is 0.336. The van der Waals surface area contributed by atoms with Crippen molar-refractivity contribution in [2.75, 3.05) is 11.8 Å². The Balaban J connectivity index is 3.09. The van der Waals surface area contributed by atoms with E-state index in [1.165, 1.54) is 19.2 Å². The summed E-state index contributed by atoms with van der Waals surface area (Å²) in [4.78, 5) is -0.136. The van der Waals surface area contributed by atoms with Crippen LogP contribution in [-0.2, 0) is 10.2 Å². The smallest absolute Gasteiger partial charge is 0.298 e. The number of nitrogens with one attached hydrogen (secondary N) is 2. The molecular weight excluding hydrogens is 253 g/mol. The fourth-order valence-electron chi connectivity index (χ4n) is 0.984. The molecule has 0 spiro atoms. The largest absolute Gasteiger partial charge is 0.389 e. The first-order valence-electron chi connectivity index (χ1n) is 4.16. The van der Waals surface area contributed by atoms with Crippen molar-refractivity contribution in [3.8, 4) is 0 Å². The van der Waals surface area contributed by atoms with Crippen LogP contribution in [0.25, 0.3) is 0 Å². The Morgan fingerprint density at radius 2 is 2.12 bits per heavy atom. The lowest BCUT2D eigenvalue weighted by atomic mass is 10.2. The molecule has 0 heterocycles. The monoisotopic (exact) mass is 263 g/mol.